The molecule has 1 aromatic carbocycles. The minimum Gasteiger partial charge on any atom is -0.277 e. The molecule has 4 rings (SSSR count). The fourth-order valence-electron chi connectivity index (χ4n) is 2.64. The van der Waals surface area contributed by atoms with Crippen LogP contribution >= 0.6 is 0 Å². The van der Waals surface area contributed by atoms with Gasteiger partial charge in [0.25, 0.3) is 11.8 Å². The standard InChI is InChI=1S/C15H11N9O4S/c1-22-14(25)12(15(26)23(2)29(22,27)28)20-18-9-3-4-10-11(5-9)24-13(21-19-10)8(6-16)7-17-24/h3-5,7,18H,1-2H3. The van der Waals surface area contributed by atoms with Crippen LogP contribution in [0.3, 0.4) is 0 Å². The van der Waals surface area contributed by atoms with Crippen LogP contribution in [0.1, 0.15) is 5.56 Å². The Labute approximate surface area is 163 Å². The van der Waals surface area contributed by atoms with Gasteiger partial charge in [0.1, 0.15) is 17.1 Å². The van der Waals surface area contributed by atoms with Gasteiger partial charge in [-0.1, -0.05) is 0 Å². The number of fused-ring (bicyclic) bond motifs is 3. The Morgan fingerprint density at radius 3 is 2.48 bits per heavy atom. The zero-order valence-electron chi connectivity index (χ0n) is 14.9. The van der Waals surface area contributed by atoms with Gasteiger partial charge in [-0.15, -0.1) is 10.2 Å². The van der Waals surface area contributed by atoms with Crippen molar-refractivity contribution in [1.29, 1.82) is 5.26 Å². The van der Waals surface area contributed by atoms with E-state index >= 15 is 0 Å². The Morgan fingerprint density at radius 1 is 1.14 bits per heavy atom. The fraction of sp³-hybridized carbons (Fsp3) is 0.133. The molecule has 0 radical (unpaired) electrons. The van der Waals surface area contributed by atoms with Crippen LogP contribution in [0.2, 0.25) is 0 Å². The second-order valence-electron chi connectivity index (χ2n) is 5.93. The van der Waals surface area contributed by atoms with Gasteiger partial charge in [-0.3, -0.25) is 15.0 Å². The first-order valence-electron chi connectivity index (χ1n) is 7.95. The molecule has 3 aromatic rings. The third kappa shape index (κ3) is 2.63. The molecule has 1 aliphatic heterocycles. The monoisotopic (exact) mass is 413 g/mol. The quantitative estimate of drug-likeness (QED) is 0.523. The number of amides is 2. The molecular formula is C15H11N9O4S. The topological polar surface area (TPSA) is 166 Å². The lowest BCUT2D eigenvalue weighted by Crippen LogP contribution is -2.57. The van der Waals surface area contributed by atoms with Gasteiger partial charge in [0, 0.05) is 14.1 Å². The molecule has 13 nitrogen and oxygen atoms in total. The number of hydrazone groups is 1. The average Bonchev–Trinajstić information content (AvgIpc) is 3.15. The number of nitrogens with one attached hydrogen (secondary N) is 1. The fourth-order valence-corrected chi connectivity index (χ4v) is 3.60. The SMILES string of the molecule is CN1C(=O)C(=NNc2ccc3nnc4c(C#N)cnn4c3c2)C(=O)N(C)S1(=O)=O. The van der Waals surface area contributed by atoms with E-state index in [4.69, 9.17) is 5.26 Å². The maximum absolute atomic E-state index is 12.2. The van der Waals surface area contributed by atoms with Crippen LogP contribution in [0.15, 0.2) is 29.5 Å². The number of hydrogen-bond donors (Lipinski definition) is 1. The Morgan fingerprint density at radius 2 is 1.83 bits per heavy atom. The summed E-state index contributed by atoms with van der Waals surface area (Å²) in [5.74, 6) is -2.11. The summed E-state index contributed by atoms with van der Waals surface area (Å²) in [7, 11) is -2.13. The van der Waals surface area contributed by atoms with Crippen molar-refractivity contribution in [2.24, 2.45) is 5.10 Å². The van der Waals surface area contributed by atoms with E-state index in [1.165, 1.54) is 10.7 Å². The number of nitrogens with zero attached hydrogens (tertiary/aromatic N) is 8. The number of anilines is 1. The van der Waals surface area contributed by atoms with Gasteiger partial charge in [-0.05, 0) is 18.2 Å². The largest absolute Gasteiger partial charge is 0.330 e. The van der Waals surface area contributed by atoms with Crippen molar-refractivity contribution in [1.82, 2.24) is 28.4 Å². The third-order valence-corrected chi connectivity index (χ3v) is 6.00. The van der Waals surface area contributed by atoms with Crippen molar-refractivity contribution in [2.75, 3.05) is 19.5 Å². The minimum absolute atomic E-state index is 0.253. The summed E-state index contributed by atoms with van der Waals surface area (Å²) in [6.45, 7) is 0. The van der Waals surface area contributed by atoms with E-state index in [1.54, 1.807) is 18.2 Å². The van der Waals surface area contributed by atoms with Gasteiger partial charge in [0.05, 0.1) is 17.4 Å². The highest BCUT2D eigenvalue weighted by molar-refractivity contribution is 7.88. The van der Waals surface area contributed by atoms with Crippen molar-refractivity contribution in [3.63, 3.8) is 0 Å². The highest BCUT2D eigenvalue weighted by Crippen LogP contribution is 2.20. The lowest BCUT2D eigenvalue weighted by Gasteiger charge is -2.29. The minimum atomic E-state index is -4.20. The predicted octanol–water partition coefficient (Wildman–Crippen LogP) is -0.908. The average molecular weight is 413 g/mol. The van der Waals surface area contributed by atoms with Crippen LogP contribution in [0.25, 0.3) is 16.7 Å². The zero-order chi connectivity index (χ0) is 20.9. The van der Waals surface area contributed by atoms with E-state index < -0.39 is 27.7 Å². The molecule has 1 fully saturated rings. The number of carbonyl (C=O) groups is 2. The Balaban J connectivity index is 1.74. The number of benzene rings is 1. The normalized spacial score (nSPS) is 16.4. The van der Waals surface area contributed by atoms with E-state index in [2.05, 4.69) is 25.8 Å². The van der Waals surface area contributed by atoms with Crippen LogP contribution in [-0.4, -0.2) is 68.5 Å². The van der Waals surface area contributed by atoms with Crippen LogP contribution < -0.4 is 5.43 Å². The van der Waals surface area contributed by atoms with Crippen LogP contribution in [0, 0.1) is 11.3 Å². The van der Waals surface area contributed by atoms with Gasteiger partial charge < -0.3 is 0 Å². The van der Waals surface area contributed by atoms with E-state index in [-0.39, 0.29) is 11.2 Å². The molecule has 1 aliphatic rings. The summed E-state index contributed by atoms with van der Waals surface area (Å²) in [6.07, 6.45) is 1.36. The van der Waals surface area contributed by atoms with Gasteiger partial charge >= 0.3 is 10.2 Å². The molecule has 0 atom stereocenters. The molecule has 1 saturated heterocycles. The molecule has 2 aromatic heterocycles. The summed E-state index contributed by atoms with van der Waals surface area (Å²) >= 11 is 0. The van der Waals surface area contributed by atoms with Gasteiger partial charge in [0.2, 0.25) is 5.71 Å². The molecule has 14 heteroatoms. The summed E-state index contributed by atoms with van der Waals surface area (Å²) in [6, 6.07) is 6.72. The predicted molar refractivity (Wildman–Crippen MR) is 98.5 cm³/mol. The molecule has 1 N–H and O–H groups in total. The molecule has 0 aliphatic carbocycles. The molecule has 0 bridgehead atoms. The number of aromatic nitrogens is 4. The summed E-state index contributed by atoms with van der Waals surface area (Å²) < 4.78 is 26.2. The molecule has 0 unspecified atom stereocenters. The first-order chi connectivity index (χ1) is 13.8. The summed E-state index contributed by atoms with van der Waals surface area (Å²) in [4.78, 5) is 24.4. The highest BCUT2D eigenvalue weighted by Gasteiger charge is 2.44. The van der Waals surface area contributed by atoms with E-state index in [0.29, 0.717) is 25.3 Å². The number of carbonyl (C=O) groups excluding carboxylic acids is 2. The van der Waals surface area contributed by atoms with Gasteiger partial charge in [0.15, 0.2) is 5.65 Å². The van der Waals surface area contributed by atoms with Crippen molar-refractivity contribution in [3.8, 4) is 6.07 Å². The Kier molecular flexibility index (Phi) is 3.91. The molecule has 3 heterocycles. The van der Waals surface area contributed by atoms with Crippen molar-refractivity contribution in [2.45, 2.75) is 0 Å². The van der Waals surface area contributed by atoms with Gasteiger partial charge in [-0.25, -0.2) is 13.1 Å². The molecule has 0 saturated carbocycles. The lowest BCUT2D eigenvalue weighted by atomic mass is 10.2. The number of nitriles is 1. The van der Waals surface area contributed by atoms with E-state index in [9.17, 15) is 18.0 Å². The Bertz CT molecular complexity index is 1360. The first-order valence-corrected chi connectivity index (χ1v) is 9.35. The van der Waals surface area contributed by atoms with Crippen LogP contribution in [-0.2, 0) is 19.8 Å². The van der Waals surface area contributed by atoms with Crippen molar-refractivity contribution in [3.05, 3.63) is 30.0 Å². The maximum Gasteiger partial charge on any atom is 0.330 e. The summed E-state index contributed by atoms with van der Waals surface area (Å²) in [5, 5.41) is 25.0. The third-order valence-electron chi connectivity index (χ3n) is 4.29. The summed E-state index contributed by atoms with van der Waals surface area (Å²) in [5.41, 5.74) is 3.86. The Hall–Kier alpha value is -4.12. The second-order valence-corrected chi connectivity index (χ2v) is 7.93. The molecule has 146 valence electrons. The highest BCUT2D eigenvalue weighted by atomic mass is 32.2. The van der Waals surface area contributed by atoms with Crippen molar-refractivity contribution < 1.29 is 18.0 Å². The van der Waals surface area contributed by atoms with Gasteiger partial charge in [-0.2, -0.15) is 23.9 Å². The van der Waals surface area contributed by atoms with E-state index in [0.717, 1.165) is 14.1 Å². The molecule has 0 spiro atoms. The second kappa shape index (κ2) is 6.21. The number of rotatable bonds is 2. The zero-order valence-corrected chi connectivity index (χ0v) is 15.7. The van der Waals surface area contributed by atoms with Crippen molar-refractivity contribution >= 4 is 50.1 Å². The smallest absolute Gasteiger partial charge is 0.277 e. The number of hydrogen-bond acceptors (Lipinski definition) is 10. The van der Waals surface area contributed by atoms with Crippen LogP contribution in [0.5, 0.6) is 0 Å². The molecule has 29 heavy (non-hydrogen) atoms. The van der Waals surface area contributed by atoms with Crippen LogP contribution in [0.4, 0.5) is 5.69 Å². The molecular weight excluding hydrogens is 402 g/mol. The first kappa shape index (κ1) is 18.3. The van der Waals surface area contributed by atoms with E-state index in [1.807, 2.05) is 6.07 Å². The lowest BCUT2D eigenvalue weighted by molar-refractivity contribution is -0.125. The molecule has 2 amide bonds. The maximum atomic E-state index is 12.2.